The molecular weight excluding hydrogens is 314 g/mol. The van der Waals surface area contributed by atoms with Crippen LogP contribution in [-0.2, 0) is 0 Å². The second-order valence-corrected chi connectivity index (χ2v) is 6.23. The first-order valence-electron chi connectivity index (χ1n) is 7.62. The number of nitrogens with one attached hydrogen (secondary N) is 2. The van der Waals surface area contributed by atoms with Gasteiger partial charge in [0.1, 0.15) is 6.17 Å². The molecule has 9 heteroatoms. The van der Waals surface area contributed by atoms with E-state index in [1.54, 1.807) is 31.1 Å². The number of hydrogen-bond acceptors (Lipinski definition) is 4. The maximum absolute atomic E-state index is 12.3. The van der Waals surface area contributed by atoms with Crippen molar-refractivity contribution in [3.05, 3.63) is 39.9 Å². The Balaban J connectivity index is 2.01. The monoisotopic (exact) mass is 333 g/mol. The topological polar surface area (TPSA) is 108 Å². The van der Waals surface area contributed by atoms with Gasteiger partial charge in [-0.3, -0.25) is 10.1 Å². The minimum atomic E-state index is -0.457. The van der Waals surface area contributed by atoms with E-state index in [1.807, 2.05) is 6.92 Å². The fraction of sp³-hybridized carbons (Fsp3) is 0.467. The summed E-state index contributed by atoms with van der Waals surface area (Å²) >= 11 is 0. The summed E-state index contributed by atoms with van der Waals surface area (Å²) in [4.78, 5) is 37.7. The summed E-state index contributed by atoms with van der Waals surface area (Å²) in [6, 6.07) is 5.20. The maximum Gasteiger partial charge on any atom is 0.319 e. The molecule has 3 rings (SSSR count). The average Bonchev–Trinajstić information content (AvgIpc) is 2.54. The van der Waals surface area contributed by atoms with Crippen LogP contribution in [0.2, 0.25) is 0 Å². The van der Waals surface area contributed by atoms with Crippen molar-refractivity contribution in [2.24, 2.45) is 5.92 Å². The number of nitro benzene ring substituents is 1. The lowest BCUT2D eigenvalue weighted by molar-refractivity contribution is -0.384. The highest BCUT2D eigenvalue weighted by molar-refractivity contribution is 5.80. The van der Waals surface area contributed by atoms with Crippen LogP contribution in [0.3, 0.4) is 0 Å². The summed E-state index contributed by atoms with van der Waals surface area (Å²) in [7, 11) is 3.32. The van der Waals surface area contributed by atoms with Gasteiger partial charge in [0, 0.05) is 38.2 Å². The van der Waals surface area contributed by atoms with Gasteiger partial charge >= 0.3 is 12.1 Å². The summed E-state index contributed by atoms with van der Waals surface area (Å²) in [6.45, 7) is 1.90. The first-order valence-corrected chi connectivity index (χ1v) is 7.62. The maximum atomic E-state index is 12.3. The Morgan fingerprint density at radius 2 is 1.62 bits per heavy atom. The second kappa shape index (κ2) is 5.66. The summed E-state index contributed by atoms with van der Waals surface area (Å²) in [6.07, 6.45) is -0.433. The first kappa shape index (κ1) is 16.0. The predicted octanol–water partition coefficient (Wildman–Crippen LogP) is 1.28. The molecule has 9 nitrogen and oxygen atoms in total. The van der Waals surface area contributed by atoms with Crippen LogP contribution in [0, 0.1) is 16.0 Å². The SMILES string of the molecule is C[C@H]1NC(=O)N(C)[C@H]2NC(=O)N(C)[C@H](c3ccc([N+](=O)[O-])cc3)[C@H]12. The molecule has 4 amide bonds. The van der Waals surface area contributed by atoms with Gasteiger partial charge in [-0.2, -0.15) is 0 Å². The van der Waals surface area contributed by atoms with Crippen molar-refractivity contribution in [2.45, 2.75) is 25.2 Å². The van der Waals surface area contributed by atoms with Gasteiger partial charge < -0.3 is 20.4 Å². The number of urea groups is 2. The highest BCUT2D eigenvalue weighted by Gasteiger charge is 2.49. The summed E-state index contributed by atoms with van der Waals surface area (Å²) < 4.78 is 0. The van der Waals surface area contributed by atoms with Crippen molar-refractivity contribution in [1.82, 2.24) is 20.4 Å². The quantitative estimate of drug-likeness (QED) is 0.628. The molecule has 128 valence electrons. The number of benzene rings is 1. The van der Waals surface area contributed by atoms with Gasteiger partial charge in [0.25, 0.3) is 5.69 Å². The van der Waals surface area contributed by atoms with Gasteiger partial charge in [0.2, 0.25) is 0 Å². The fourth-order valence-electron chi connectivity index (χ4n) is 3.54. The van der Waals surface area contributed by atoms with Crippen LogP contribution in [0.25, 0.3) is 0 Å². The van der Waals surface area contributed by atoms with Crippen molar-refractivity contribution in [1.29, 1.82) is 0 Å². The van der Waals surface area contributed by atoms with E-state index in [4.69, 9.17) is 0 Å². The van der Waals surface area contributed by atoms with Crippen LogP contribution < -0.4 is 10.6 Å². The number of rotatable bonds is 2. The number of hydrogen-bond donors (Lipinski definition) is 2. The Morgan fingerprint density at radius 3 is 2.21 bits per heavy atom. The fourth-order valence-corrected chi connectivity index (χ4v) is 3.54. The van der Waals surface area contributed by atoms with Crippen LogP contribution in [0.15, 0.2) is 24.3 Å². The van der Waals surface area contributed by atoms with Gasteiger partial charge in [-0.15, -0.1) is 0 Å². The van der Waals surface area contributed by atoms with E-state index in [9.17, 15) is 19.7 Å². The molecule has 0 aromatic heterocycles. The molecule has 2 heterocycles. The number of amides is 4. The van der Waals surface area contributed by atoms with Crippen molar-refractivity contribution in [2.75, 3.05) is 14.1 Å². The molecule has 0 spiro atoms. The molecule has 4 atom stereocenters. The first-order chi connectivity index (χ1) is 11.3. The number of carbonyl (C=O) groups is 2. The number of carbonyl (C=O) groups excluding carboxylic acids is 2. The minimum Gasteiger partial charge on any atom is -0.335 e. The molecule has 2 aliphatic heterocycles. The van der Waals surface area contributed by atoms with E-state index in [1.165, 1.54) is 17.0 Å². The molecular formula is C15H19N5O4. The van der Waals surface area contributed by atoms with Crippen molar-refractivity contribution >= 4 is 17.7 Å². The molecule has 2 N–H and O–H groups in total. The highest BCUT2D eigenvalue weighted by atomic mass is 16.6. The molecule has 2 fully saturated rings. The van der Waals surface area contributed by atoms with E-state index >= 15 is 0 Å². The van der Waals surface area contributed by atoms with E-state index in [-0.39, 0.29) is 35.8 Å². The summed E-state index contributed by atoms with van der Waals surface area (Å²) in [5.41, 5.74) is 0.796. The van der Waals surface area contributed by atoms with Crippen molar-refractivity contribution < 1.29 is 14.5 Å². The van der Waals surface area contributed by atoms with Gasteiger partial charge in [-0.05, 0) is 12.5 Å². The lowest BCUT2D eigenvalue weighted by Crippen LogP contribution is -2.71. The van der Waals surface area contributed by atoms with Gasteiger partial charge in [0.05, 0.1) is 11.0 Å². The molecule has 2 saturated heterocycles. The summed E-state index contributed by atoms with van der Waals surface area (Å²) in [5, 5.41) is 16.6. The van der Waals surface area contributed by atoms with Gasteiger partial charge in [-0.1, -0.05) is 12.1 Å². The molecule has 0 bridgehead atoms. The molecule has 1 aromatic carbocycles. The lowest BCUT2D eigenvalue weighted by Gasteiger charge is -2.52. The zero-order valence-corrected chi connectivity index (χ0v) is 13.6. The van der Waals surface area contributed by atoms with Crippen LogP contribution in [-0.4, -0.2) is 53.1 Å². The highest BCUT2D eigenvalue weighted by Crippen LogP contribution is 2.38. The number of nitrogens with zero attached hydrogens (tertiary/aromatic N) is 3. The van der Waals surface area contributed by atoms with E-state index < -0.39 is 11.1 Å². The Hall–Kier alpha value is -2.84. The number of nitro groups is 1. The van der Waals surface area contributed by atoms with Crippen LogP contribution in [0.4, 0.5) is 15.3 Å². The Kier molecular flexibility index (Phi) is 3.78. The van der Waals surface area contributed by atoms with Gasteiger partial charge in [0.15, 0.2) is 0 Å². The molecule has 0 radical (unpaired) electrons. The Morgan fingerprint density at radius 1 is 1.04 bits per heavy atom. The van der Waals surface area contributed by atoms with Crippen LogP contribution >= 0.6 is 0 Å². The summed E-state index contributed by atoms with van der Waals surface area (Å²) in [5.74, 6) is -0.100. The largest absolute Gasteiger partial charge is 0.335 e. The molecule has 24 heavy (non-hydrogen) atoms. The molecule has 0 unspecified atom stereocenters. The molecule has 0 saturated carbocycles. The predicted molar refractivity (Wildman–Crippen MR) is 85.2 cm³/mol. The van der Waals surface area contributed by atoms with Crippen LogP contribution in [0.5, 0.6) is 0 Å². The Labute approximate surface area is 138 Å². The lowest BCUT2D eigenvalue weighted by atomic mass is 9.81. The smallest absolute Gasteiger partial charge is 0.319 e. The Bertz CT molecular complexity index is 692. The zero-order valence-electron chi connectivity index (χ0n) is 13.6. The van der Waals surface area contributed by atoms with E-state index in [0.717, 1.165) is 5.56 Å². The van der Waals surface area contributed by atoms with Gasteiger partial charge in [-0.25, -0.2) is 9.59 Å². The average molecular weight is 333 g/mol. The second-order valence-electron chi connectivity index (χ2n) is 6.23. The molecule has 0 aliphatic carbocycles. The van der Waals surface area contributed by atoms with E-state index in [2.05, 4.69) is 10.6 Å². The van der Waals surface area contributed by atoms with Crippen LogP contribution in [0.1, 0.15) is 18.5 Å². The zero-order chi connectivity index (χ0) is 17.6. The normalized spacial score (nSPS) is 29.6. The minimum absolute atomic E-state index is 0.000303. The molecule has 1 aromatic rings. The number of non-ortho nitro benzene ring substituents is 1. The van der Waals surface area contributed by atoms with Crippen molar-refractivity contribution in [3.63, 3.8) is 0 Å². The standard InChI is InChI=1S/C15H19N5O4/c1-8-11-12(9-4-6-10(7-5-9)20(23)24)18(2)15(22)17-13(11)19(3)14(21)16-8/h4-8,11-13H,1-3H3,(H,16,21)(H,17,22)/t8-,11+,12-,13-/m1/s1. The molecule has 2 aliphatic rings. The number of fused-ring (bicyclic) bond motifs is 1. The third kappa shape index (κ3) is 2.41. The van der Waals surface area contributed by atoms with Crippen molar-refractivity contribution in [3.8, 4) is 0 Å². The van der Waals surface area contributed by atoms with E-state index in [0.29, 0.717) is 0 Å². The third-order valence-electron chi connectivity index (χ3n) is 4.85. The third-order valence-corrected chi connectivity index (χ3v) is 4.85.